The van der Waals surface area contributed by atoms with Crippen molar-refractivity contribution in [2.75, 3.05) is 12.3 Å². The van der Waals surface area contributed by atoms with Crippen LogP contribution in [0.3, 0.4) is 0 Å². The van der Waals surface area contributed by atoms with Gasteiger partial charge in [-0.1, -0.05) is 30.3 Å². The molecule has 0 radical (unpaired) electrons. The summed E-state index contributed by atoms with van der Waals surface area (Å²) in [5, 5.41) is 2.71. The van der Waals surface area contributed by atoms with Gasteiger partial charge in [0.1, 0.15) is 0 Å². The van der Waals surface area contributed by atoms with Crippen LogP contribution in [-0.4, -0.2) is 32.2 Å². The van der Waals surface area contributed by atoms with E-state index in [-0.39, 0.29) is 23.7 Å². The second-order valence-corrected chi connectivity index (χ2v) is 7.95. The first-order valence-electron chi connectivity index (χ1n) is 7.00. The summed E-state index contributed by atoms with van der Waals surface area (Å²) in [4.78, 5) is 11.6. The van der Waals surface area contributed by atoms with E-state index in [0.717, 1.165) is 5.56 Å². The zero-order valence-electron chi connectivity index (χ0n) is 12.8. The molecule has 0 heterocycles. The predicted octanol–water partition coefficient (Wildman–Crippen LogP) is 1.45. The van der Waals surface area contributed by atoms with Gasteiger partial charge >= 0.3 is 0 Å². The van der Waals surface area contributed by atoms with Gasteiger partial charge in [0.15, 0.2) is 0 Å². The van der Waals surface area contributed by atoms with Crippen LogP contribution in [-0.2, 0) is 21.2 Å². The van der Waals surface area contributed by atoms with E-state index in [1.54, 1.807) is 0 Å². The third-order valence-corrected chi connectivity index (χ3v) is 4.10. The Morgan fingerprint density at radius 1 is 1.14 bits per heavy atom. The van der Waals surface area contributed by atoms with Crippen LogP contribution in [0.25, 0.3) is 0 Å². The van der Waals surface area contributed by atoms with E-state index < -0.39 is 10.0 Å². The van der Waals surface area contributed by atoms with Gasteiger partial charge in [-0.05, 0) is 39.2 Å². The van der Waals surface area contributed by atoms with Crippen molar-refractivity contribution in [2.45, 2.75) is 39.2 Å². The average molecular weight is 312 g/mol. The van der Waals surface area contributed by atoms with Gasteiger partial charge in [-0.15, -0.1) is 0 Å². The Morgan fingerprint density at radius 2 is 1.76 bits per heavy atom. The SMILES string of the molecule is CC(C)(C)NC(=O)CNS(=O)(=O)CCCc1ccccc1. The molecule has 1 aromatic rings. The smallest absolute Gasteiger partial charge is 0.235 e. The summed E-state index contributed by atoms with van der Waals surface area (Å²) in [5.74, 6) is -0.306. The molecule has 2 N–H and O–H groups in total. The van der Waals surface area contributed by atoms with Crippen molar-refractivity contribution in [1.82, 2.24) is 10.0 Å². The summed E-state index contributed by atoms with van der Waals surface area (Å²) in [6.07, 6.45) is 1.23. The quantitative estimate of drug-likeness (QED) is 0.800. The monoisotopic (exact) mass is 312 g/mol. The van der Waals surface area contributed by atoms with Crippen molar-refractivity contribution in [3.8, 4) is 0 Å². The van der Waals surface area contributed by atoms with E-state index in [0.29, 0.717) is 12.8 Å². The zero-order chi connectivity index (χ0) is 15.9. The van der Waals surface area contributed by atoms with Crippen LogP contribution in [0.2, 0.25) is 0 Å². The van der Waals surface area contributed by atoms with E-state index in [1.807, 2.05) is 51.1 Å². The summed E-state index contributed by atoms with van der Waals surface area (Å²) >= 11 is 0. The van der Waals surface area contributed by atoms with Crippen LogP contribution < -0.4 is 10.0 Å². The Bertz CT molecular complexity index is 548. The van der Waals surface area contributed by atoms with E-state index in [9.17, 15) is 13.2 Å². The van der Waals surface area contributed by atoms with Gasteiger partial charge in [0.2, 0.25) is 15.9 Å². The Balaban J connectivity index is 2.32. The minimum atomic E-state index is -3.41. The Kier molecular flexibility index (Phi) is 6.36. The lowest BCUT2D eigenvalue weighted by Crippen LogP contribution is -2.46. The number of hydrogen-bond acceptors (Lipinski definition) is 3. The van der Waals surface area contributed by atoms with Crippen molar-refractivity contribution in [2.24, 2.45) is 0 Å². The van der Waals surface area contributed by atoms with Gasteiger partial charge in [0, 0.05) is 5.54 Å². The number of carbonyl (C=O) groups is 1. The number of sulfonamides is 1. The number of amides is 1. The molecule has 1 aromatic carbocycles. The summed E-state index contributed by atoms with van der Waals surface area (Å²) in [7, 11) is -3.41. The Labute approximate surface area is 127 Å². The van der Waals surface area contributed by atoms with Gasteiger partial charge in [-0.25, -0.2) is 13.1 Å². The lowest BCUT2D eigenvalue weighted by atomic mass is 10.1. The molecule has 0 saturated heterocycles. The maximum absolute atomic E-state index is 11.8. The molecule has 21 heavy (non-hydrogen) atoms. The maximum atomic E-state index is 11.8. The molecule has 1 rings (SSSR count). The minimum Gasteiger partial charge on any atom is -0.350 e. The first-order valence-corrected chi connectivity index (χ1v) is 8.65. The largest absolute Gasteiger partial charge is 0.350 e. The van der Waals surface area contributed by atoms with E-state index in [1.165, 1.54) is 0 Å². The molecular weight excluding hydrogens is 288 g/mol. The Hall–Kier alpha value is -1.40. The molecule has 0 aliphatic carbocycles. The summed E-state index contributed by atoms with van der Waals surface area (Å²) < 4.78 is 25.9. The maximum Gasteiger partial charge on any atom is 0.235 e. The molecule has 0 saturated carbocycles. The number of hydrogen-bond donors (Lipinski definition) is 2. The Morgan fingerprint density at radius 3 is 2.33 bits per heavy atom. The van der Waals surface area contributed by atoms with E-state index in [4.69, 9.17) is 0 Å². The number of benzene rings is 1. The van der Waals surface area contributed by atoms with Crippen molar-refractivity contribution in [1.29, 1.82) is 0 Å². The highest BCUT2D eigenvalue weighted by Crippen LogP contribution is 2.03. The molecule has 118 valence electrons. The second-order valence-electron chi connectivity index (χ2n) is 6.03. The van der Waals surface area contributed by atoms with Gasteiger partial charge in [-0.2, -0.15) is 0 Å². The fraction of sp³-hybridized carbons (Fsp3) is 0.533. The van der Waals surface area contributed by atoms with Crippen molar-refractivity contribution >= 4 is 15.9 Å². The number of rotatable bonds is 7. The van der Waals surface area contributed by atoms with Crippen molar-refractivity contribution < 1.29 is 13.2 Å². The fourth-order valence-electron chi connectivity index (χ4n) is 1.82. The predicted molar refractivity (Wildman–Crippen MR) is 84.4 cm³/mol. The summed E-state index contributed by atoms with van der Waals surface area (Å²) in [6.45, 7) is 5.32. The molecule has 0 unspecified atom stereocenters. The minimum absolute atomic E-state index is 0.0185. The molecule has 6 heteroatoms. The lowest BCUT2D eigenvalue weighted by Gasteiger charge is -2.20. The normalized spacial score (nSPS) is 12.1. The summed E-state index contributed by atoms with van der Waals surface area (Å²) in [5.41, 5.74) is 0.744. The number of carbonyl (C=O) groups excluding carboxylic acids is 1. The molecule has 0 fully saturated rings. The summed E-state index contributed by atoms with van der Waals surface area (Å²) in [6, 6.07) is 9.72. The number of aryl methyl sites for hydroxylation is 1. The molecule has 0 aliphatic heterocycles. The topological polar surface area (TPSA) is 75.3 Å². The van der Waals surface area contributed by atoms with Crippen LogP contribution in [0.5, 0.6) is 0 Å². The van der Waals surface area contributed by atoms with Crippen LogP contribution in [0.15, 0.2) is 30.3 Å². The van der Waals surface area contributed by atoms with Crippen LogP contribution in [0.4, 0.5) is 0 Å². The zero-order valence-corrected chi connectivity index (χ0v) is 13.7. The molecule has 0 atom stereocenters. The molecule has 0 spiro atoms. The van der Waals surface area contributed by atoms with Crippen LogP contribution >= 0.6 is 0 Å². The first kappa shape index (κ1) is 17.7. The average Bonchev–Trinajstić information content (AvgIpc) is 2.36. The molecule has 0 aromatic heterocycles. The van der Waals surface area contributed by atoms with Gasteiger partial charge < -0.3 is 5.32 Å². The standard InChI is InChI=1S/C15H24N2O3S/c1-15(2,3)17-14(18)12-16-21(19,20)11-7-10-13-8-5-4-6-9-13/h4-6,8-9,16H,7,10-12H2,1-3H3,(H,17,18). The molecule has 0 aliphatic rings. The molecule has 0 bridgehead atoms. The fourth-order valence-corrected chi connectivity index (χ4v) is 2.84. The number of nitrogens with one attached hydrogen (secondary N) is 2. The lowest BCUT2D eigenvalue weighted by molar-refractivity contribution is -0.121. The van der Waals surface area contributed by atoms with Crippen LogP contribution in [0.1, 0.15) is 32.8 Å². The highest BCUT2D eigenvalue weighted by molar-refractivity contribution is 7.89. The molecule has 5 nitrogen and oxygen atoms in total. The van der Waals surface area contributed by atoms with E-state index in [2.05, 4.69) is 10.0 Å². The third-order valence-electron chi connectivity index (χ3n) is 2.69. The highest BCUT2D eigenvalue weighted by Gasteiger charge is 2.16. The second kappa shape index (κ2) is 7.56. The molecular formula is C15H24N2O3S. The van der Waals surface area contributed by atoms with Gasteiger partial charge in [-0.3, -0.25) is 4.79 Å². The van der Waals surface area contributed by atoms with Gasteiger partial charge in [0.05, 0.1) is 12.3 Å². The van der Waals surface area contributed by atoms with Crippen LogP contribution in [0, 0.1) is 0 Å². The van der Waals surface area contributed by atoms with Crippen molar-refractivity contribution in [3.63, 3.8) is 0 Å². The van der Waals surface area contributed by atoms with Crippen molar-refractivity contribution in [3.05, 3.63) is 35.9 Å². The van der Waals surface area contributed by atoms with E-state index >= 15 is 0 Å². The van der Waals surface area contributed by atoms with Gasteiger partial charge in [0.25, 0.3) is 0 Å². The first-order chi connectivity index (χ1) is 9.68. The molecule has 1 amide bonds. The highest BCUT2D eigenvalue weighted by atomic mass is 32.2. The third kappa shape index (κ3) is 8.47.